The third-order valence-electron chi connectivity index (χ3n) is 2.83. The van der Waals surface area contributed by atoms with Crippen molar-refractivity contribution >= 4 is 17.5 Å². The van der Waals surface area contributed by atoms with Crippen LogP contribution in [0, 0.1) is 11.8 Å². The van der Waals surface area contributed by atoms with E-state index in [9.17, 15) is 4.79 Å². The number of rotatable bonds is 2. The van der Waals surface area contributed by atoms with Crippen LogP contribution in [0.3, 0.4) is 0 Å². The summed E-state index contributed by atoms with van der Waals surface area (Å²) < 4.78 is 1.75. The molecule has 0 aliphatic rings. The average molecular weight is 281 g/mol. The average Bonchev–Trinajstić information content (AvgIpc) is 3.10. The van der Waals surface area contributed by atoms with E-state index in [1.165, 1.54) is 0 Å². The Morgan fingerprint density at radius 1 is 1.43 bits per heavy atom. The van der Waals surface area contributed by atoms with E-state index in [1.54, 1.807) is 36.2 Å². The van der Waals surface area contributed by atoms with E-state index in [0.717, 1.165) is 0 Å². The van der Waals surface area contributed by atoms with Crippen LogP contribution in [0.2, 0.25) is 0 Å². The molecule has 0 radical (unpaired) electrons. The fourth-order valence-corrected chi connectivity index (χ4v) is 1.87. The fourth-order valence-electron chi connectivity index (χ4n) is 1.87. The number of nitrogens with one attached hydrogen (secondary N) is 2. The molecule has 0 bridgehead atoms. The summed E-state index contributed by atoms with van der Waals surface area (Å²) in [5, 5.41) is 9.40. The highest BCUT2D eigenvalue weighted by Crippen LogP contribution is 2.14. The lowest BCUT2D eigenvalue weighted by molar-refractivity contribution is 0.100. The third kappa shape index (κ3) is 2.28. The molecule has 0 aliphatic heterocycles. The quantitative estimate of drug-likeness (QED) is 0.572. The first-order valence-electron chi connectivity index (χ1n) is 6.05. The van der Waals surface area contributed by atoms with Crippen LogP contribution in [0.1, 0.15) is 21.6 Å². The SMILES string of the molecule is CNc1n[nH]c(C#Cc2cnc3nccn3c2)c1C(N)=O. The molecule has 0 unspecified atom stereocenters. The van der Waals surface area contributed by atoms with Gasteiger partial charge < -0.3 is 11.1 Å². The van der Waals surface area contributed by atoms with Crippen molar-refractivity contribution in [3.05, 3.63) is 41.6 Å². The number of carbonyl (C=O) groups excluding carboxylic acids is 1. The highest BCUT2D eigenvalue weighted by Gasteiger charge is 2.15. The summed E-state index contributed by atoms with van der Waals surface area (Å²) in [7, 11) is 1.65. The predicted octanol–water partition coefficient (Wildman–Crippen LogP) is -0.00720. The standard InChI is InChI=1S/C13H11N7O/c1-15-12-10(11(14)21)9(18-19-12)3-2-8-6-17-13-16-4-5-20(13)7-8/h4-7H,1H3,(H2,14,21)(H2,15,18,19). The number of aromatic amines is 1. The molecular weight excluding hydrogens is 270 g/mol. The largest absolute Gasteiger partial charge is 0.371 e. The van der Waals surface area contributed by atoms with Crippen molar-refractivity contribution in [2.24, 2.45) is 5.73 Å². The molecular formula is C13H11N7O. The van der Waals surface area contributed by atoms with Crippen molar-refractivity contribution in [1.82, 2.24) is 24.6 Å². The Balaban J connectivity index is 2.00. The Hall–Kier alpha value is -3.34. The number of carbonyl (C=O) groups is 1. The fraction of sp³-hybridized carbons (Fsp3) is 0.0769. The maximum Gasteiger partial charge on any atom is 0.255 e. The van der Waals surface area contributed by atoms with Crippen molar-refractivity contribution in [2.75, 3.05) is 12.4 Å². The Kier molecular flexibility index (Phi) is 3.00. The number of H-pyrrole nitrogens is 1. The number of amides is 1. The van der Waals surface area contributed by atoms with E-state index in [2.05, 4.69) is 37.3 Å². The van der Waals surface area contributed by atoms with Gasteiger partial charge in [-0.3, -0.25) is 14.3 Å². The van der Waals surface area contributed by atoms with Crippen LogP contribution < -0.4 is 11.1 Å². The summed E-state index contributed by atoms with van der Waals surface area (Å²) >= 11 is 0. The molecule has 8 heteroatoms. The predicted molar refractivity (Wildman–Crippen MR) is 75.6 cm³/mol. The molecule has 104 valence electrons. The maximum atomic E-state index is 11.4. The van der Waals surface area contributed by atoms with Gasteiger partial charge in [0.25, 0.3) is 5.91 Å². The molecule has 0 spiro atoms. The molecule has 0 atom stereocenters. The number of nitrogens with two attached hydrogens (primary N) is 1. The zero-order chi connectivity index (χ0) is 14.8. The second-order valence-corrected chi connectivity index (χ2v) is 4.16. The number of anilines is 1. The second kappa shape index (κ2) is 4.97. The molecule has 1 amide bonds. The van der Waals surface area contributed by atoms with E-state index in [1.807, 2.05) is 0 Å². The van der Waals surface area contributed by atoms with E-state index < -0.39 is 5.91 Å². The van der Waals surface area contributed by atoms with E-state index in [-0.39, 0.29) is 5.56 Å². The molecule has 21 heavy (non-hydrogen) atoms. The molecule has 0 aliphatic carbocycles. The van der Waals surface area contributed by atoms with Gasteiger partial charge in [0.15, 0.2) is 5.82 Å². The molecule has 0 fully saturated rings. The summed E-state index contributed by atoms with van der Waals surface area (Å²) in [6.07, 6.45) is 6.83. The number of hydrogen-bond donors (Lipinski definition) is 3. The normalized spacial score (nSPS) is 10.1. The monoisotopic (exact) mass is 281 g/mol. The first-order chi connectivity index (χ1) is 10.2. The Labute approximate surface area is 119 Å². The topological polar surface area (TPSA) is 114 Å². The number of imidazole rings is 1. The van der Waals surface area contributed by atoms with Gasteiger partial charge in [-0.2, -0.15) is 5.10 Å². The second-order valence-electron chi connectivity index (χ2n) is 4.16. The Bertz CT molecular complexity index is 881. The highest BCUT2D eigenvalue weighted by molar-refractivity contribution is 5.99. The van der Waals surface area contributed by atoms with Gasteiger partial charge in [0.05, 0.1) is 5.56 Å². The van der Waals surface area contributed by atoms with Crippen LogP contribution in [0.5, 0.6) is 0 Å². The summed E-state index contributed by atoms with van der Waals surface area (Å²) in [4.78, 5) is 19.6. The highest BCUT2D eigenvalue weighted by atomic mass is 16.1. The lowest BCUT2D eigenvalue weighted by atomic mass is 10.2. The van der Waals surface area contributed by atoms with Crippen molar-refractivity contribution in [3.63, 3.8) is 0 Å². The molecule has 3 rings (SSSR count). The van der Waals surface area contributed by atoms with Crippen molar-refractivity contribution in [1.29, 1.82) is 0 Å². The van der Waals surface area contributed by atoms with Gasteiger partial charge in [-0.1, -0.05) is 5.92 Å². The smallest absolute Gasteiger partial charge is 0.255 e. The molecule has 3 heterocycles. The number of primary amides is 1. The maximum absolute atomic E-state index is 11.4. The number of hydrogen-bond acceptors (Lipinski definition) is 5. The van der Waals surface area contributed by atoms with Gasteiger partial charge in [0, 0.05) is 31.8 Å². The molecule has 0 saturated heterocycles. The van der Waals surface area contributed by atoms with Gasteiger partial charge >= 0.3 is 0 Å². The summed E-state index contributed by atoms with van der Waals surface area (Å²) in [6.45, 7) is 0. The van der Waals surface area contributed by atoms with Crippen LogP contribution >= 0.6 is 0 Å². The van der Waals surface area contributed by atoms with Crippen molar-refractivity contribution in [2.45, 2.75) is 0 Å². The summed E-state index contributed by atoms with van der Waals surface area (Å²) in [5.41, 5.74) is 6.61. The van der Waals surface area contributed by atoms with E-state index in [0.29, 0.717) is 22.9 Å². The van der Waals surface area contributed by atoms with Gasteiger partial charge in [-0.05, 0) is 5.92 Å². The van der Waals surface area contributed by atoms with Gasteiger partial charge in [-0.15, -0.1) is 0 Å². The molecule has 4 N–H and O–H groups in total. The molecule has 3 aromatic rings. The number of aromatic nitrogens is 5. The first kappa shape index (κ1) is 12.7. The minimum absolute atomic E-state index is 0.238. The zero-order valence-corrected chi connectivity index (χ0v) is 11.1. The van der Waals surface area contributed by atoms with Crippen molar-refractivity contribution in [3.8, 4) is 11.8 Å². The molecule has 8 nitrogen and oxygen atoms in total. The summed E-state index contributed by atoms with van der Waals surface area (Å²) in [6, 6.07) is 0. The van der Waals surface area contributed by atoms with Gasteiger partial charge in [0.2, 0.25) is 5.78 Å². The van der Waals surface area contributed by atoms with Crippen molar-refractivity contribution < 1.29 is 4.79 Å². The molecule has 0 aromatic carbocycles. The lowest BCUT2D eigenvalue weighted by Gasteiger charge is -1.96. The summed E-state index contributed by atoms with van der Waals surface area (Å²) in [5.74, 6) is 6.12. The van der Waals surface area contributed by atoms with E-state index in [4.69, 9.17) is 5.73 Å². The molecule has 3 aromatic heterocycles. The Morgan fingerprint density at radius 2 is 2.29 bits per heavy atom. The number of nitrogens with zero attached hydrogens (tertiary/aromatic N) is 4. The van der Waals surface area contributed by atoms with Gasteiger partial charge in [0.1, 0.15) is 11.3 Å². The minimum atomic E-state index is -0.597. The van der Waals surface area contributed by atoms with Crippen LogP contribution in [0.25, 0.3) is 5.78 Å². The lowest BCUT2D eigenvalue weighted by Crippen LogP contribution is -2.13. The molecule has 0 saturated carbocycles. The minimum Gasteiger partial charge on any atom is -0.371 e. The first-order valence-corrected chi connectivity index (χ1v) is 6.05. The van der Waals surface area contributed by atoms with Crippen LogP contribution in [0.4, 0.5) is 5.82 Å². The van der Waals surface area contributed by atoms with Crippen LogP contribution in [-0.2, 0) is 0 Å². The number of fused-ring (bicyclic) bond motifs is 1. The Morgan fingerprint density at radius 3 is 3.05 bits per heavy atom. The van der Waals surface area contributed by atoms with Crippen LogP contribution in [0.15, 0.2) is 24.8 Å². The van der Waals surface area contributed by atoms with Gasteiger partial charge in [-0.25, -0.2) is 9.97 Å². The third-order valence-corrected chi connectivity index (χ3v) is 2.83. The zero-order valence-electron chi connectivity index (χ0n) is 11.1. The van der Waals surface area contributed by atoms with Crippen LogP contribution in [-0.4, -0.2) is 37.5 Å². The van der Waals surface area contributed by atoms with E-state index >= 15 is 0 Å².